The monoisotopic (exact) mass is 282 g/mol. The molecular weight excluding hydrogens is 264 g/mol. The Kier molecular flexibility index (Phi) is 5.17. The van der Waals surface area contributed by atoms with Gasteiger partial charge in [0.2, 0.25) is 0 Å². The van der Waals surface area contributed by atoms with E-state index in [4.69, 9.17) is 23.8 Å². The molecule has 0 amide bonds. The summed E-state index contributed by atoms with van der Waals surface area (Å²) in [6.45, 7) is 10.1. The number of benzene rings is 1. The molecule has 18 heavy (non-hydrogen) atoms. The highest BCUT2D eigenvalue weighted by atomic mass is 35.5. The van der Waals surface area contributed by atoms with Crippen LogP contribution in [0.2, 0.25) is 5.02 Å². The molecule has 1 rings (SSSR count). The summed E-state index contributed by atoms with van der Waals surface area (Å²) < 4.78 is 0. The van der Waals surface area contributed by atoms with Gasteiger partial charge in [0.15, 0.2) is 5.11 Å². The highest BCUT2D eigenvalue weighted by molar-refractivity contribution is 7.80. The molecular formula is C14H19ClN2S. The normalized spacial score (nSPS) is 12.7. The van der Waals surface area contributed by atoms with Crippen molar-refractivity contribution in [3.05, 3.63) is 41.9 Å². The first-order valence-electron chi connectivity index (χ1n) is 5.82. The fourth-order valence-corrected chi connectivity index (χ4v) is 1.68. The van der Waals surface area contributed by atoms with Crippen molar-refractivity contribution in [2.45, 2.75) is 26.8 Å². The topological polar surface area (TPSA) is 24.1 Å². The third-order valence-corrected chi connectivity index (χ3v) is 3.56. The lowest BCUT2D eigenvalue weighted by atomic mass is 9.86. The van der Waals surface area contributed by atoms with E-state index in [0.717, 1.165) is 5.69 Å². The number of thiocarbonyl (C=S) groups is 1. The Balaban J connectivity index is 2.57. The molecule has 0 heterocycles. The maximum absolute atomic E-state index is 5.82. The zero-order valence-electron chi connectivity index (χ0n) is 11.0. The Morgan fingerprint density at radius 2 is 1.94 bits per heavy atom. The standard InChI is InChI=1S/C14H19ClN2S/c1-5-14(3,4)10(2)16-13(18)17-12-8-6-11(15)7-9-12/h5-10H,1H2,2-4H3,(H2,16,17,18). The summed E-state index contributed by atoms with van der Waals surface area (Å²) in [7, 11) is 0. The van der Waals surface area contributed by atoms with E-state index >= 15 is 0 Å². The van der Waals surface area contributed by atoms with E-state index in [2.05, 4.69) is 38.0 Å². The van der Waals surface area contributed by atoms with Gasteiger partial charge in [0.1, 0.15) is 0 Å². The first kappa shape index (κ1) is 15.0. The molecule has 0 radical (unpaired) electrons. The van der Waals surface area contributed by atoms with Gasteiger partial charge in [0, 0.05) is 22.2 Å². The van der Waals surface area contributed by atoms with E-state index in [9.17, 15) is 0 Å². The number of halogens is 1. The fourth-order valence-electron chi connectivity index (χ4n) is 1.26. The van der Waals surface area contributed by atoms with Crippen LogP contribution in [0.25, 0.3) is 0 Å². The second-order valence-electron chi connectivity index (χ2n) is 4.85. The summed E-state index contributed by atoms with van der Waals surface area (Å²) in [6.07, 6.45) is 1.93. The van der Waals surface area contributed by atoms with Crippen molar-refractivity contribution in [1.82, 2.24) is 5.32 Å². The van der Waals surface area contributed by atoms with Crippen molar-refractivity contribution in [2.75, 3.05) is 5.32 Å². The lowest BCUT2D eigenvalue weighted by molar-refractivity contribution is 0.368. The molecule has 0 aromatic heterocycles. The Bertz CT molecular complexity index is 426. The number of nitrogens with one attached hydrogen (secondary N) is 2. The maximum atomic E-state index is 5.82. The average molecular weight is 283 g/mol. The van der Waals surface area contributed by atoms with Crippen LogP contribution in [-0.2, 0) is 0 Å². The molecule has 0 spiro atoms. The summed E-state index contributed by atoms with van der Waals surface area (Å²) >= 11 is 11.1. The van der Waals surface area contributed by atoms with E-state index in [1.54, 1.807) is 0 Å². The molecule has 2 nitrogen and oxygen atoms in total. The van der Waals surface area contributed by atoms with E-state index in [1.807, 2.05) is 30.3 Å². The van der Waals surface area contributed by atoms with Crippen molar-refractivity contribution in [1.29, 1.82) is 0 Å². The molecule has 0 aliphatic heterocycles. The third kappa shape index (κ3) is 4.31. The Morgan fingerprint density at radius 3 is 2.44 bits per heavy atom. The minimum absolute atomic E-state index is 0.0221. The van der Waals surface area contributed by atoms with Gasteiger partial charge in [-0.2, -0.15) is 0 Å². The highest BCUT2D eigenvalue weighted by Gasteiger charge is 2.22. The van der Waals surface area contributed by atoms with E-state index in [-0.39, 0.29) is 11.5 Å². The van der Waals surface area contributed by atoms with E-state index in [0.29, 0.717) is 10.1 Å². The van der Waals surface area contributed by atoms with Gasteiger partial charge in [-0.25, -0.2) is 0 Å². The number of rotatable bonds is 4. The summed E-state index contributed by atoms with van der Waals surface area (Å²) in [4.78, 5) is 0. The lowest BCUT2D eigenvalue weighted by Gasteiger charge is -2.30. The van der Waals surface area contributed by atoms with Crippen LogP contribution >= 0.6 is 23.8 Å². The van der Waals surface area contributed by atoms with Crippen LogP contribution in [-0.4, -0.2) is 11.2 Å². The third-order valence-electron chi connectivity index (χ3n) is 3.09. The number of anilines is 1. The number of hydrogen-bond acceptors (Lipinski definition) is 1. The zero-order valence-corrected chi connectivity index (χ0v) is 12.5. The molecule has 1 unspecified atom stereocenters. The summed E-state index contributed by atoms with van der Waals surface area (Å²) in [6, 6.07) is 7.62. The van der Waals surface area contributed by atoms with Gasteiger partial charge in [-0.3, -0.25) is 0 Å². The van der Waals surface area contributed by atoms with Gasteiger partial charge in [-0.05, 0) is 43.4 Å². The van der Waals surface area contributed by atoms with Crippen molar-refractivity contribution < 1.29 is 0 Å². The van der Waals surface area contributed by atoms with Gasteiger partial charge in [-0.15, -0.1) is 6.58 Å². The van der Waals surface area contributed by atoms with Gasteiger partial charge in [-0.1, -0.05) is 31.5 Å². The molecule has 1 atom stereocenters. The second-order valence-corrected chi connectivity index (χ2v) is 5.70. The molecule has 1 aromatic carbocycles. The quantitative estimate of drug-likeness (QED) is 0.638. The molecule has 1 aromatic rings. The minimum Gasteiger partial charge on any atom is -0.359 e. The van der Waals surface area contributed by atoms with Crippen LogP contribution in [0.15, 0.2) is 36.9 Å². The predicted octanol–water partition coefficient (Wildman–Crippen LogP) is 4.23. The van der Waals surface area contributed by atoms with Gasteiger partial charge < -0.3 is 10.6 Å². The van der Waals surface area contributed by atoms with Crippen LogP contribution in [0.1, 0.15) is 20.8 Å². The molecule has 0 saturated heterocycles. The van der Waals surface area contributed by atoms with Gasteiger partial charge in [0.25, 0.3) is 0 Å². The first-order chi connectivity index (χ1) is 8.35. The SMILES string of the molecule is C=CC(C)(C)C(C)NC(=S)Nc1ccc(Cl)cc1. The predicted molar refractivity (Wildman–Crippen MR) is 84.2 cm³/mol. The largest absolute Gasteiger partial charge is 0.359 e. The summed E-state index contributed by atoms with van der Waals surface area (Å²) in [5, 5.41) is 7.68. The zero-order chi connectivity index (χ0) is 13.8. The van der Waals surface area contributed by atoms with Gasteiger partial charge >= 0.3 is 0 Å². The second kappa shape index (κ2) is 6.21. The molecule has 0 bridgehead atoms. The first-order valence-corrected chi connectivity index (χ1v) is 6.60. The van der Waals surface area contributed by atoms with Crippen molar-refractivity contribution in [2.24, 2.45) is 5.41 Å². The van der Waals surface area contributed by atoms with Crippen LogP contribution in [0.3, 0.4) is 0 Å². The molecule has 4 heteroatoms. The molecule has 0 aliphatic rings. The Hall–Kier alpha value is -1.06. The number of hydrogen-bond donors (Lipinski definition) is 2. The molecule has 0 fully saturated rings. The summed E-state index contributed by atoms with van der Waals surface area (Å²) in [5.74, 6) is 0. The average Bonchev–Trinajstić information content (AvgIpc) is 2.32. The van der Waals surface area contributed by atoms with Crippen LogP contribution in [0.5, 0.6) is 0 Å². The lowest BCUT2D eigenvalue weighted by Crippen LogP contribution is -2.43. The van der Waals surface area contributed by atoms with Crippen LogP contribution in [0.4, 0.5) is 5.69 Å². The fraction of sp³-hybridized carbons (Fsp3) is 0.357. The molecule has 0 saturated carbocycles. The maximum Gasteiger partial charge on any atom is 0.171 e. The van der Waals surface area contributed by atoms with Crippen LogP contribution in [0, 0.1) is 5.41 Å². The van der Waals surface area contributed by atoms with Crippen molar-refractivity contribution in [3.8, 4) is 0 Å². The van der Waals surface area contributed by atoms with Crippen LogP contribution < -0.4 is 10.6 Å². The minimum atomic E-state index is -0.0221. The van der Waals surface area contributed by atoms with Crippen molar-refractivity contribution in [3.63, 3.8) is 0 Å². The Morgan fingerprint density at radius 1 is 1.39 bits per heavy atom. The molecule has 98 valence electrons. The van der Waals surface area contributed by atoms with Crippen molar-refractivity contribution >= 4 is 34.6 Å². The molecule has 2 N–H and O–H groups in total. The summed E-state index contributed by atoms with van der Waals surface area (Å²) in [5.41, 5.74) is 0.895. The van der Waals surface area contributed by atoms with Gasteiger partial charge in [0.05, 0.1) is 0 Å². The smallest absolute Gasteiger partial charge is 0.171 e. The van der Waals surface area contributed by atoms with E-state index < -0.39 is 0 Å². The highest BCUT2D eigenvalue weighted by Crippen LogP contribution is 2.21. The molecule has 0 aliphatic carbocycles. The van der Waals surface area contributed by atoms with E-state index in [1.165, 1.54) is 0 Å². The Labute approximate surface area is 119 Å².